The summed E-state index contributed by atoms with van der Waals surface area (Å²) in [6.07, 6.45) is -0.305. The van der Waals surface area contributed by atoms with Gasteiger partial charge in [0.05, 0.1) is 0 Å². The smallest absolute Gasteiger partial charge is 0.346 e. The van der Waals surface area contributed by atoms with Crippen LogP contribution in [0.15, 0.2) is 24.5 Å². The van der Waals surface area contributed by atoms with Gasteiger partial charge in [0.15, 0.2) is 0 Å². The Morgan fingerprint density at radius 3 is 2.84 bits per heavy atom. The first-order chi connectivity index (χ1) is 11.8. The summed E-state index contributed by atoms with van der Waals surface area (Å²) in [6, 6.07) is 2.24. The fourth-order valence-electron chi connectivity index (χ4n) is 2.73. The summed E-state index contributed by atoms with van der Waals surface area (Å²) in [6.45, 7) is 0.886. The molecule has 1 aliphatic heterocycles. The molecule has 3 rings (SSSR count). The molecule has 0 spiro atoms. The predicted molar refractivity (Wildman–Crippen MR) is 82.9 cm³/mol. The molecule has 1 unspecified atom stereocenters. The number of rotatable bonds is 3. The van der Waals surface area contributed by atoms with Crippen molar-refractivity contribution in [2.75, 3.05) is 18.0 Å². The number of hydrogen-bond donors (Lipinski definition) is 1. The first kappa shape index (κ1) is 17.2. The van der Waals surface area contributed by atoms with Crippen LogP contribution in [-0.2, 0) is 13.2 Å². The van der Waals surface area contributed by atoms with Crippen LogP contribution in [0.5, 0.6) is 0 Å². The van der Waals surface area contributed by atoms with Gasteiger partial charge in [-0.3, -0.25) is 9.48 Å². The van der Waals surface area contributed by atoms with Gasteiger partial charge >= 0.3 is 6.18 Å². The highest BCUT2D eigenvalue weighted by molar-refractivity contribution is 5.92. The lowest BCUT2D eigenvalue weighted by Crippen LogP contribution is -2.48. The Balaban J connectivity index is 1.68. The molecule has 0 bridgehead atoms. The number of alkyl halides is 3. The molecule has 1 aliphatic rings. The van der Waals surface area contributed by atoms with Crippen LogP contribution < -0.4 is 10.2 Å². The van der Waals surface area contributed by atoms with Gasteiger partial charge in [-0.05, 0) is 25.0 Å². The third-order valence-electron chi connectivity index (χ3n) is 3.92. The van der Waals surface area contributed by atoms with Gasteiger partial charge < -0.3 is 10.2 Å². The third-order valence-corrected chi connectivity index (χ3v) is 3.92. The van der Waals surface area contributed by atoms with Crippen molar-refractivity contribution in [1.29, 1.82) is 0 Å². The van der Waals surface area contributed by atoms with Crippen LogP contribution in [0.2, 0.25) is 0 Å². The monoisotopic (exact) mass is 354 g/mol. The minimum absolute atomic E-state index is 0.0200. The molecule has 1 fully saturated rings. The van der Waals surface area contributed by atoms with Crippen LogP contribution in [0.25, 0.3) is 0 Å². The van der Waals surface area contributed by atoms with E-state index in [1.165, 1.54) is 4.68 Å². The summed E-state index contributed by atoms with van der Waals surface area (Å²) in [4.78, 5) is 21.4. The van der Waals surface area contributed by atoms with E-state index in [-0.39, 0.29) is 17.9 Å². The molecule has 2 aromatic heterocycles. The summed E-state index contributed by atoms with van der Waals surface area (Å²) in [7, 11) is 1.71. The fraction of sp³-hybridized carbons (Fsp3) is 0.467. The first-order valence-corrected chi connectivity index (χ1v) is 7.78. The van der Waals surface area contributed by atoms with E-state index in [9.17, 15) is 18.0 Å². The van der Waals surface area contributed by atoms with Crippen molar-refractivity contribution in [1.82, 2.24) is 25.1 Å². The number of nitrogens with zero attached hydrogens (tertiary/aromatic N) is 5. The number of hydrogen-bond acceptors (Lipinski definition) is 5. The largest absolute Gasteiger partial charge is 0.433 e. The van der Waals surface area contributed by atoms with E-state index in [0.717, 1.165) is 18.7 Å². The molecule has 7 nitrogen and oxygen atoms in total. The number of halogens is 3. The number of aromatic nitrogens is 4. The number of carbonyl (C=O) groups is 1. The van der Waals surface area contributed by atoms with Gasteiger partial charge in [-0.2, -0.15) is 18.3 Å². The quantitative estimate of drug-likeness (QED) is 0.907. The van der Waals surface area contributed by atoms with Crippen molar-refractivity contribution in [3.05, 3.63) is 35.9 Å². The van der Waals surface area contributed by atoms with Gasteiger partial charge in [0.2, 0.25) is 5.95 Å². The Morgan fingerprint density at radius 2 is 2.16 bits per heavy atom. The predicted octanol–water partition coefficient (Wildman–Crippen LogP) is 1.63. The molecule has 0 aromatic carbocycles. The molecule has 0 aliphatic carbocycles. The highest BCUT2D eigenvalue weighted by Gasteiger charge is 2.33. The molecular formula is C15H17F3N6O. The standard InChI is InChI=1S/C15H17F3N6O/c1-23-8-5-11(22-23)13(25)20-10-3-2-7-24(9-10)14-19-6-4-12(21-14)15(16,17)18/h4-6,8,10H,2-3,7,9H2,1H3,(H,20,25). The van der Waals surface area contributed by atoms with Crippen molar-refractivity contribution >= 4 is 11.9 Å². The molecule has 0 saturated carbocycles. The van der Waals surface area contributed by atoms with Crippen LogP contribution in [0.1, 0.15) is 29.0 Å². The van der Waals surface area contributed by atoms with Crippen molar-refractivity contribution in [2.45, 2.75) is 25.1 Å². The molecular weight excluding hydrogens is 337 g/mol. The number of carbonyl (C=O) groups excluding carboxylic acids is 1. The maximum Gasteiger partial charge on any atom is 0.433 e. The van der Waals surface area contributed by atoms with Crippen LogP contribution in [-0.4, -0.2) is 44.8 Å². The number of amides is 1. The highest BCUT2D eigenvalue weighted by atomic mass is 19.4. The Labute approximate surface area is 141 Å². The second-order valence-electron chi connectivity index (χ2n) is 5.87. The summed E-state index contributed by atoms with van der Waals surface area (Å²) in [5, 5.41) is 6.89. The molecule has 10 heteroatoms. The van der Waals surface area contributed by atoms with Crippen LogP contribution in [0.4, 0.5) is 19.1 Å². The van der Waals surface area contributed by atoms with Crippen LogP contribution >= 0.6 is 0 Å². The van der Waals surface area contributed by atoms with Gasteiger partial charge in [0, 0.05) is 38.6 Å². The Bertz CT molecular complexity index is 760. The molecule has 0 radical (unpaired) electrons. The Hall–Kier alpha value is -2.65. The van der Waals surface area contributed by atoms with Gasteiger partial charge in [-0.25, -0.2) is 9.97 Å². The lowest BCUT2D eigenvalue weighted by atomic mass is 10.1. The van der Waals surface area contributed by atoms with Crippen molar-refractivity contribution in [3.63, 3.8) is 0 Å². The minimum Gasteiger partial charge on any atom is -0.346 e. The molecule has 1 atom stereocenters. The van der Waals surface area contributed by atoms with Crippen molar-refractivity contribution in [3.8, 4) is 0 Å². The van der Waals surface area contributed by atoms with Crippen LogP contribution in [0.3, 0.4) is 0 Å². The van der Waals surface area contributed by atoms with E-state index < -0.39 is 11.9 Å². The number of aryl methyl sites for hydroxylation is 1. The molecule has 134 valence electrons. The second-order valence-corrected chi connectivity index (χ2v) is 5.87. The number of nitrogens with one attached hydrogen (secondary N) is 1. The van der Waals surface area contributed by atoms with Gasteiger partial charge in [-0.1, -0.05) is 0 Å². The summed E-state index contributed by atoms with van der Waals surface area (Å²) < 4.78 is 39.9. The Morgan fingerprint density at radius 1 is 1.36 bits per heavy atom. The average Bonchev–Trinajstić information content (AvgIpc) is 3.01. The highest BCUT2D eigenvalue weighted by Crippen LogP contribution is 2.28. The van der Waals surface area contributed by atoms with Gasteiger partial charge in [-0.15, -0.1) is 0 Å². The molecule has 25 heavy (non-hydrogen) atoms. The lowest BCUT2D eigenvalue weighted by Gasteiger charge is -2.33. The van der Waals surface area contributed by atoms with E-state index in [4.69, 9.17) is 0 Å². The minimum atomic E-state index is -4.51. The SMILES string of the molecule is Cn1ccc(C(=O)NC2CCCN(c3nccc(C(F)(F)F)n3)C2)n1. The fourth-order valence-corrected chi connectivity index (χ4v) is 2.73. The summed E-state index contributed by atoms with van der Waals surface area (Å²) in [5.74, 6) is -0.288. The number of anilines is 1. The average molecular weight is 354 g/mol. The molecule has 2 aromatic rings. The Kier molecular flexibility index (Phi) is 4.60. The zero-order valence-corrected chi connectivity index (χ0v) is 13.5. The van der Waals surface area contributed by atoms with E-state index in [1.807, 2.05) is 0 Å². The topological polar surface area (TPSA) is 75.9 Å². The summed E-state index contributed by atoms with van der Waals surface area (Å²) in [5.41, 5.74) is -0.674. The lowest BCUT2D eigenvalue weighted by molar-refractivity contribution is -0.141. The normalized spacial score (nSPS) is 18.2. The number of piperidine rings is 1. The molecule has 3 heterocycles. The molecule has 1 amide bonds. The second kappa shape index (κ2) is 6.69. The van der Waals surface area contributed by atoms with Gasteiger partial charge in [0.1, 0.15) is 11.4 Å². The maximum atomic E-state index is 12.8. The maximum absolute atomic E-state index is 12.8. The molecule has 1 saturated heterocycles. The van der Waals surface area contributed by atoms with E-state index >= 15 is 0 Å². The van der Waals surface area contributed by atoms with E-state index in [0.29, 0.717) is 25.2 Å². The van der Waals surface area contributed by atoms with E-state index in [1.54, 1.807) is 24.2 Å². The summed E-state index contributed by atoms with van der Waals surface area (Å²) >= 11 is 0. The molecule has 1 N–H and O–H groups in total. The first-order valence-electron chi connectivity index (χ1n) is 7.78. The third kappa shape index (κ3) is 4.06. The van der Waals surface area contributed by atoms with Crippen molar-refractivity contribution in [2.24, 2.45) is 7.05 Å². The zero-order valence-electron chi connectivity index (χ0n) is 13.5. The van der Waals surface area contributed by atoms with Crippen molar-refractivity contribution < 1.29 is 18.0 Å². The van der Waals surface area contributed by atoms with E-state index in [2.05, 4.69) is 20.4 Å². The zero-order chi connectivity index (χ0) is 18.0. The van der Waals surface area contributed by atoms with Crippen LogP contribution in [0, 0.1) is 0 Å². The van der Waals surface area contributed by atoms with Gasteiger partial charge in [0.25, 0.3) is 5.91 Å².